The van der Waals surface area contributed by atoms with Gasteiger partial charge in [0.05, 0.1) is 16.2 Å². The van der Waals surface area contributed by atoms with Crippen LogP contribution in [0.2, 0.25) is 0 Å². The summed E-state index contributed by atoms with van der Waals surface area (Å²) in [7, 11) is -4.11. The van der Waals surface area contributed by atoms with Crippen LogP contribution in [-0.4, -0.2) is 29.9 Å². The van der Waals surface area contributed by atoms with E-state index in [-0.39, 0.29) is 41.7 Å². The number of aliphatic hydroxyl groups is 1. The molecule has 1 N–H and O–H groups in total. The molecule has 6 heteroatoms. The van der Waals surface area contributed by atoms with E-state index in [1.165, 1.54) is 19.3 Å². The molecule has 0 radical (unpaired) electrons. The fraction of sp³-hybridized carbons (Fsp3) is 1.00. The molecule has 0 spiro atoms. The van der Waals surface area contributed by atoms with E-state index in [1.807, 2.05) is 0 Å². The molecule has 0 aromatic carbocycles. The molecule has 1 unspecified atom stereocenters. The SMILES string of the molecule is CCCCCCCC(O)CCCS(=O)(=O)[O-].[Na+]. The molecular formula is C11H23NaO4S. The molecule has 0 aromatic rings. The van der Waals surface area contributed by atoms with Crippen LogP contribution in [0.4, 0.5) is 0 Å². The van der Waals surface area contributed by atoms with Gasteiger partial charge in [0.1, 0.15) is 0 Å². The fourth-order valence-corrected chi connectivity index (χ4v) is 2.14. The molecule has 0 aromatic heterocycles. The molecule has 0 fully saturated rings. The minimum atomic E-state index is -4.11. The van der Waals surface area contributed by atoms with E-state index in [0.717, 1.165) is 12.8 Å². The van der Waals surface area contributed by atoms with E-state index in [1.54, 1.807) is 0 Å². The van der Waals surface area contributed by atoms with E-state index in [4.69, 9.17) is 0 Å². The van der Waals surface area contributed by atoms with E-state index < -0.39 is 16.2 Å². The Balaban J connectivity index is 0. The molecule has 0 rings (SSSR count). The summed E-state index contributed by atoms with van der Waals surface area (Å²) in [6, 6.07) is 0. The van der Waals surface area contributed by atoms with Gasteiger partial charge in [0.15, 0.2) is 0 Å². The Bertz CT molecular complexity index is 254. The van der Waals surface area contributed by atoms with Crippen LogP contribution in [0.25, 0.3) is 0 Å². The van der Waals surface area contributed by atoms with Gasteiger partial charge in [-0.3, -0.25) is 0 Å². The van der Waals surface area contributed by atoms with E-state index in [9.17, 15) is 18.1 Å². The Kier molecular flexibility index (Phi) is 14.2. The van der Waals surface area contributed by atoms with Crippen LogP contribution < -0.4 is 29.6 Å². The summed E-state index contributed by atoms with van der Waals surface area (Å²) in [4.78, 5) is 0. The van der Waals surface area contributed by atoms with Crippen LogP contribution in [0.3, 0.4) is 0 Å². The zero-order chi connectivity index (χ0) is 12.4. The van der Waals surface area contributed by atoms with Crippen molar-refractivity contribution in [3.05, 3.63) is 0 Å². The normalized spacial score (nSPS) is 13.1. The van der Waals surface area contributed by atoms with Gasteiger partial charge in [0.25, 0.3) is 0 Å². The first-order chi connectivity index (χ1) is 7.45. The summed E-state index contributed by atoms with van der Waals surface area (Å²) in [5.41, 5.74) is 0. The van der Waals surface area contributed by atoms with Crippen LogP contribution in [0.1, 0.15) is 58.3 Å². The molecule has 0 heterocycles. The van der Waals surface area contributed by atoms with Gasteiger partial charge in [-0.15, -0.1) is 0 Å². The maximum atomic E-state index is 10.3. The Labute approximate surface area is 127 Å². The molecule has 0 aliphatic carbocycles. The predicted molar refractivity (Wildman–Crippen MR) is 63.2 cm³/mol. The second-order valence-corrected chi connectivity index (χ2v) is 5.78. The minimum Gasteiger partial charge on any atom is -0.748 e. The second-order valence-electron chi connectivity index (χ2n) is 4.26. The van der Waals surface area contributed by atoms with E-state index in [0.29, 0.717) is 12.8 Å². The minimum absolute atomic E-state index is 0. The average Bonchev–Trinajstić information content (AvgIpc) is 2.15. The first-order valence-electron chi connectivity index (χ1n) is 6.07. The Hall–Kier alpha value is 0.870. The number of hydrogen-bond acceptors (Lipinski definition) is 4. The quantitative estimate of drug-likeness (QED) is 0.316. The largest absolute Gasteiger partial charge is 1.00 e. The summed E-state index contributed by atoms with van der Waals surface area (Å²) >= 11 is 0. The number of unbranched alkanes of at least 4 members (excludes halogenated alkanes) is 4. The average molecular weight is 274 g/mol. The third-order valence-electron chi connectivity index (χ3n) is 2.57. The summed E-state index contributed by atoms with van der Waals surface area (Å²) in [5.74, 6) is -0.361. The first kappa shape index (κ1) is 20.2. The molecule has 0 aliphatic heterocycles. The topological polar surface area (TPSA) is 77.4 Å². The molecule has 1 atom stereocenters. The Morgan fingerprint density at radius 2 is 1.59 bits per heavy atom. The van der Waals surface area contributed by atoms with Gasteiger partial charge in [0.2, 0.25) is 0 Å². The van der Waals surface area contributed by atoms with Crippen molar-refractivity contribution in [2.45, 2.75) is 64.4 Å². The summed E-state index contributed by atoms with van der Waals surface area (Å²) < 4.78 is 30.9. The van der Waals surface area contributed by atoms with E-state index >= 15 is 0 Å². The maximum Gasteiger partial charge on any atom is 1.00 e. The maximum absolute atomic E-state index is 10.3. The molecule has 17 heavy (non-hydrogen) atoms. The van der Waals surface area contributed by atoms with E-state index in [2.05, 4.69) is 6.92 Å². The standard InChI is InChI=1S/C11H24O4S.Na/c1-2-3-4-5-6-8-11(12)9-7-10-16(13,14)15;/h11-12H,2-10H2,1H3,(H,13,14,15);/q;+1/p-1. The van der Waals surface area contributed by atoms with Gasteiger partial charge in [-0.25, -0.2) is 8.42 Å². The molecule has 0 saturated carbocycles. The Morgan fingerprint density at radius 1 is 1.06 bits per heavy atom. The van der Waals surface area contributed by atoms with Crippen LogP contribution in [0.5, 0.6) is 0 Å². The molecule has 0 amide bonds. The second kappa shape index (κ2) is 11.9. The van der Waals surface area contributed by atoms with Gasteiger partial charge in [-0.05, 0) is 19.3 Å². The van der Waals surface area contributed by atoms with Crippen LogP contribution in [0.15, 0.2) is 0 Å². The van der Waals surface area contributed by atoms with Crippen LogP contribution in [-0.2, 0) is 10.1 Å². The third kappa shape index (κ3) is 16.9. The first-order valence-corrected chi connectivity index (χ1v) is 7.65. The Morgan fingerprint density at radius 3 is 2.12 bits per heavy atom. The van der Waals surface area contributed by atoms with Crippen molar-refractivity contribution in [2.75, 3.05) is 5.75 Å². The van der Waals surface area contributed by atoms with Crippen molar-refractivity contribution in [1.82, 2.24) is 0 Å². The molecule has 0 bridgehead atoms. The number of rotatable bonds is 10. The fourth-order valence-electron chi connectivity index (χ4n) is 1.62. The van der Waals surface area contributed by atoms with Crippen molar-refractivity contribution in [2.24, 2.45) is 0 Å². The summed E-state index contributed by atoms with van der Waals surface area (Å²) in [6.45, 7) is 2.15. The van der Waals surface area contributed by atoms with Gasteiger partial charge < -0.3 is 9.66 Å². The summed E-state index contributed by atoms with van der Waals surface area (Å²) in [6.07, 6.45) is 6.64. The molecular weight excluding hydrogens is 251 g/mol. The zero-order valence-electron chi connectivity index (χ0n) is 11.0. The smallest absolute Gasteiger partial charge is 0.748 e. The summed E-state index contributed by atoms with van der Waals surface area (Å²) in [5, 5.41) is 9.51. The van der Waals surface area contributed by atoms with Gasteiger partial charge in [-0.1, -0.05) is 39.0 Å². The van der Waals surface area contributed by atoms with Crippen molar-refractivity contribution < 1.29 is 47.6 Å². The van der Waals surface area contributed by atoms with Crippen molar-refractivity contribution in [1.29, 1.82) is 0 Å². The molecule has 98 valence electrons. The molecule has 4 nitrogen and oxygen atoms in total. The number of aliphatic hydroxyl groups excluding tert-OH is 1. The third-order valence-corrected chi connectivity index (χ3v) is 3.36. The monoisotopic (exact) mass is 274 g/mol. The van der Waals surface area contributed by atoms with Crippen LogP contribution in [0, 0.1) is 0 Å². The van der Waals surface area contributed by atoms with Crippen molar-refractivity contribution >= 4 is 10.1 Å². The zero-order valence-corrected chi connectivity index (χ0v) is 13.8. The van der Waals surface area contributed by atoms with Gasteiger partial charge in [-0.2, -0.15) is 0 Å². The predicted octanol–water partition coefficient (Wildman–Crippen LogP) is -0.963. The van der Waals surface area contributed by atoms with Crippen LogP contribution >= 0.6 is 0 Å². The van der Waals surface area contributed by atoms with Gasteiger partial charge in [0, 0.05) is 5.75 Å². The van der Waals surface area contributed by atoms with Crippen molar-refractivity contribution in [3.8, 4) is 0 Å². The molecule has 0 saturated heterocycles. The number of hydrogen-bond donors (Lipinski definition) is 1. The van der Waals surface area contributed by atoms with Gasteiger partial charge >= 0.3 is 29.6 Å². The molecule has 0 aliphatic rings. The van der Waals surface area contributed by atoms with Crippen molar-refractivity contribution in [3.63, 3.8) is 0 Å².